The number of ether oxygens (including phenoxy) is 1. The number of hydrogen-bond acceptors (Lipinski definition) is 3. The SMILES string of the molecule is CCCNC(=O)COc1ccccc1CNC(C)C. The van der Waals surface area contributed by atoms with E-state index in [1.54, 1.807) is 0 Å². The van der Waals surface area contributed by atoms with Crippen molar-refractivity contribution in [2.24, 2.45) is 0 Å². The van der Waals surface area contributed by atoms with E-state index >= 15 is 0 Å². The molecule has 0 saturated carbocycles. The molecule has 0 unspecified atom stereocenters. The summed E-state index contributed by atoms with van der Waals surface area (Å²) < 4.78 is 5.58. The number of hydrogen-bond donors (Lipinski definition) is 2. The average Bonchev–Trinajstić information content (AvgIpc) is 2.41. The second kappa shape index (κ2) is 8.53. The average molecular weight is 264 g/mol. The lowest BCUT2D eigenvalue weighted by Gasteiger charge is -2.13. The number of para-hydroxylation sites is 1. The van der Waals surface area contributed by atoms with Gasteiger partial charge < -0.3 is 15.4 Å². The van der Waals surface area contributed by atoms with Crippen LogP contribution in [0.2, 0.25) is 0 Å². The summed E-state index contributed by atoms with van der Waals surface area (Å²) in [4.78, 5) is 11.5. The first-order valence-corrected chi connectivity index (χ1v) is 6.84. The van der Waals surface area contributed by atoms with Gasteiger partial charge in [0.05, 0.1) is 0 Å². The normalized spacial score (nSPS) is 10.5. The number of amides is 1. The highest BCUT2D eigenvalue weighted by Crippen LogP contribution is 2.17. The number of carbonyl (C=O) groups excluding carboxylic acids is 1. The van der Waals surface area contributed by atoms with Gasteiger partial charge in [-0.2, -0.15) is 0 Å². The maximum absolute atomic E-state index is 11.5. The molecule has 2 N–H and O–H groups in total. The van der Waals surface area contributed by atoms with Crippen molar-refractivity contribution in [3.05, 3.63) is 29.8 Å². The predicted molar refractivity (Wildman–Crippen MR) is 77.2 cm³/mol. The molecule has 1 aromatic rings. The van der Waals surface area contributed by atoms with Crippen LogP contribution in [0.3, 0.4) is 0 Å². The highest BCUT2D eigenvalue weighted by atomic mass is 16.5. The summed E-state index contributed by atoms with van der Waals surface area (Å²) in [7, 11) is 0. The van der Waals surface area contributed by atoms with Crippen LogP contribution in [0.5, 0.6) is 5.75 Å². The molecule has 0 fully saturated rings. The second-order valence-electron chi connectivity index (χ2n) is 4.78. The van der Waals surface area contributed by atoms with Crippen LogP contribution in [0.25, 0.3) is 0 Å². The van der Waals surface area contributed by atoms with Gasteiger partial charge in [0.15, 0.2) is 6.61 Å². The van der Waals surface area contributed by atoms with Crippen LogP contribution >= 0.6 is 0 Å². The molecule has 0 aliphatic heterocycles. The summed E-state index contributed by atoms with van der Waals surface area (Å²) in [6, 6.07) is 8.21. The lowest BCUT2D eigenvalue weighted by molar-refractivity contribution is -0.123. The Bertz CT molecular complexity index is 391. The molecule has 1 aromatic carbocycles. The van der Waals surface area contributed by atoms with E-state index in [4.69, 9.17) is 4.74 Å². The monoisotopic (exact) mass is 264 g/mol. The Hall–Kier alpha value is -1.55. The summed E-state index contributed by atoms with van der Waals surface area (Å²) in [6.07, 6.45) is 0.931. The molecular formula is C15H24N2O2. The Morgan fingerprint density at radius 1 is 1.32 bits per heavy atom. The largest absolute Gasteiger partial charge is 0.483 e. The van der Waals surface area contributed by atoms with Gasteiger partial charge in [-0.25, -0.2) is 0 Å². The summed E-state index contributed by atoms with van der Waals surface area (Å²) in [5.41, 5.74) is 1.07. The Labute approximate surface area is 115 Å². The molecule has 0 aliphatic carbocycles. The minimum absolute atomic E-state index is 0.0681. The van der Waals surface area contributed by atoms with Gasteiger partial charge >= 0.3 is 0 Å². The molecule has 4 nitrogen and oxygen atoms in total. The lowest BCUT2D eigenvalue weighted by atomic mass is 10.2. The van der Waals surface area contributed by atoms with Crippen molar-refractivity contribution in [2.75, 3.05) is 13.2 Å². The highest BCUT2D eigenvalue weighted by molar-refractivity contribution is 5.77. The van der Waals surface area contributed by atoms with E-state index in [-0.39, 0.29) is 12.5 Å². The zero-order chi connectivity index (χ0) is 14.1. The lowest BCUT2D eigenvalue weighted by Crippen LogP contribution is -2.29. The van der Waals surface area contributed by atoms with Crippen LogP contribution in [0.4, 0.5) is 0 Å². The summed E-state index contributed by atoms with van der Waals surface area (Å²) >= 11 is 0. The van der Waals surface area contributed by atoms with E-state index in [1.807, 2.05) is 31.2 Å². The molecular weight excluding hydrogens is 240 g/mol. The first-order valence-electron chi connectivity index (χ1n) is 6.84. The van der Waals surface area contributed by atoms with Crippen LogP contribution in [-0.2, 0) is 11.3 Å². The minimum atomic E-state index is -0.0755. The minimum Gasteiger partial charge on any atom is -0.483 e. The maximum Gasteiger partial charge on any atom is 0.257 e. The predicted octanol–water partition coefficient (Wildman–Crippen LogP) is 2.09. The van der Waals surface area contributed by atoms with Gasteiger partial charge in [-0.05, 0) is 12.5 Å². The fourth-order valence-corrected chi connectivity index (χ4v) is 1.56. The third-order valence-corrected chi connectivity index (χ3v) is 2.60. The molecule has 0 saturated heterocycles. The van der Waals surface area contributed by atoms with Crippen molar-refractivity contribution in [2.45, 2.75) is 39.8 Å². The van der Waals surface area contributed by atoms with Crippen molar-refractivity contribution in [1.82, 2.24) is 10.6 Å². The van der Waals surface area contributed by atoms with Crippen LogP contribution in [0.15, 0.2) is 24.3 Å². The van der Waals surface area contributed by atoms with Crippen molar-refractivity contribution in [3.8, 4) is 5.75 Å². The molecule has 4 heteroatoms. The van der Waals surface area contributed by atoms with Gasteiger partial charge in [0.1, 0.15) is 5.75 Å². The first-order chi connectivity index (χ1) is 9.13. The van der Waals surface area contributed by atoms with Crippen molar-refractivity contribution in [1.29, 1.82) is 0 Å². The van der Waals surface area contributed by atoms with Gasteiger partial charge in [-0.15, -0.1) is 0 Å². The molecule has 0 aromatic heterocycles. The molecule has 0 heterocycles. The van der Waals surface area contributed by atoms with E-state index in [0.717, 1.165) is 24.3 Å². The maximum atomic E-state index is 11.5. The second-order valence-corrected chi connectivity index (χ2v) is 4.78. The van der Waals surface area contributed by atoms with E-state index in [2.05, 4.69) is 24.5 Å². The van der Waals surface area contributed by atoms with Crippen molar-refractivity contribution < 1.29 is 9.53 Å². The van der Waals surface area contributed by atoms with Crippen molar-refractivity contribution in [3.63, 3.8) is 0 Å². The van der Waals surface area contributed by atoms with E-state index in [9.17, 15) is 4.79 Å². The van der Waals surface area contributed by atoms with Crippen LogP contribution in [0.1, 0.15) is 32.8 Å². The van der Waals surface area contributed by atoms with Crippen LogP contribution in [-0.4, -0.2) is 25.1 Å². The summed E-state index contributed by atoms with van der Waals surface area (Å²) in [6.45, 7) is 7.72. The first kappa shape index (κ1) is 15.5. The van der Waals surface area contributed by atoms with Crippen LogP contribution in [0, 0.1) is 0 Å². The van der Waals surface area contributed by atoms with Gasteiger partial charge in [0, 0.05) is 24.7 Å². The van der Waals surface area contributed by atoms with E-state index in [1.165, 1.54) is 0 Å². The number of benzene rings is 1. The smallest absolute Gasteiger partial charge is 0.257 e. The zero-order valence-electron chi connectivity index (χ0n) is 12.0. The number of nitrogens with one attached hydrogen (secondary N) is 2. The number of carbonyl (C=O) groups is 1. The Balaban J connectivity index is 2.50. The van der Waals surface area contributed by atoms with Gasteiger partial charge in [0.2, 0.25) is 0 Å². The molecule has 0 atom stereocenters. The molecule has 19 heavy (non-hydrogen) atoms. The Kier molecular flexibility index (Phi) is 6.97. The van der Waals surface area contributed by atoms with E-state index < -0.39 is 0 Å². The third-order valence-electron chi connectivity index (χ3n) is 2.60. The molecule has 0 bridgehead atoms. The molecule has 106 valence electrons. The highest BCUT2D eigenvalue weighted by Gasteiger charge is 2.06. The molecule has 0 spiro atoms. The molecule has 1 rings (SSSR count). The molecule has 0 radical (unpaired) electrons. The van der Waals surface area contributed by atoms with Gasteiger partial charge in [0.25, 0.3) is 5.91 Å². The number of rotatable bonds is 8. The van der Waals surface area contributed by atoms with Crippen LogP contribution < -0.4 is 15.4 Å². The topological polar surface area (TPSA) is 50.4 Å². The fourth-order valence-electron chi connectivity index (χ4n) is 1.56. The quantitative estimate of drug-likeness (QED) is 0.756. The van der Waals surface area contributed by atoms with Gasteiger partial charge in [-0.3, -0.25) is 4.79 Å². The van der Waals surface area contributed by atoms with Gasteiger partial charge in [-0.1, -0.05) is 39.0 Å². The standard InChI is InChI=1S/C15H24N2O2/c1-4-9-16-15(18)11-19-14-8-6-5-7-13(14)10-17-12(2)3/h5-8,12,17H,4,9-11H2,1-3H3,(H,16,18). The fraction of sp³-hybridized carbons (Fsp3) is 0.533. The molecule has 1 amide bonds. The molecule has 0 aliphatic rings. The third kappa shape index (κ3) is 6.25. The van der Waals surface area contributed by atoms with E-state index in [0.29, 0.717) is 12.6 Å². The zero-order valence-corrected chi connectivity index (χ0v) is 12.0. The Morgan fingerprint density at radius 2 is 2.05 bits per heavy atom. The summed E-state index contributed by atoms with van der Waals surface area (Å²) in [5, 5.41) is 6.14. The van der Waals surface area contributed by atoms with Crippen molar-refractivity contribution >= 4 is 5.91 Å². The summed E-state index contributed by atoms with van der Waals surface area (Å²) in [5.74, 6) is 0.691. The Morgan fingerprint density at radius 3 is 2.74 bits per heavy atom.